The van der Waals surface area contributed by atoms with Gasteiger partial charge in [-0.3, -0.25) is 0 Å². The Hall–Kier alpha value is -2.11. The van der Waals surface area contributed by atoms with Crippen LogP contribution in [-0.4, -0.2) is 4.98 Å². The van der Waals surface area contributed by atoms with Crippen LogP contribution in [0.2, 0.25) is 0 Å². The predicted octanol–water partition coefficient (Wildman–Crippen LogP) is 4.62. The lowest BCUT2D eigenvalue weighted by Gasteiger charge is -1.99. The molecular weight excluding hydrogens is 262 g/mol. The van der Waals surface area contributed by atoms with E-state index >= 15 is 0 Å². The Bertz CT molecular complexity index is 847. The summed E-state index contributed by atoms with van der Waals surface area (Å²) in [6.45, 7) is 6.27. The summed E-state index contributed by atoms with van der Waals surface area (Å²) >= 11 is 1.71. The molecule has 3 rings (SSSR count). The molecule has 0 saturated heterocycles. The molecule has 3 aromatic rings. The first-order valence-electron chi connectivity index (χ1n) is 6.59. The van der Waals surface area contributed by atoms with E-state index in [1.54, 1.807) is 11.3 Å². The summed E-state index contributed by atoms with van der Waals surface area (Å²) in [6.07, 6.45) is 0. The lowest BCUT2D eigenvalue weighted by Crippen LogP contribution is -1.83. The average Bonchev–Trinajstić information content (AvgIpc) is 2.81. The van der Waals surface area contributed by atoms with Gasteiger partial charge >= 0.3 is 0 Å². The molecule has 0 radical (unpaired) electrons. The molecule has 0 aliphatic heterocycles. The van der Waals surface area contributed by atoms with E-state index in [9.17, 15) is 0 Å². The highest BCUT2D eigenvalue weighted by molar-refractivity contribution is 7.18. The molecule has 0 unspecified atom stereocenters. The number of aryl methyl sites for hydroxylation is 3. The minimum absolute atomic E-state index is 1.00. The van der Waals surface area contributed by atoms with Crippen molar-refractivity contribution in [1.82, 2.24) is 4.98 Å². The summed E-state index contributed by atoms with van der Waals surface area (Å²) < 4.78 is 1.20. The molecule has 0 saturated carbocycles. The maximum absolute atomic E-state index is 4.57. The second-order valence-electron chi connectivity index (χ2n) is 4.93. The van der Waals surface area contributed by atoms with Crippen LogP contribution in [0.25, 0.3) is 10.2 Å². The smallest absolute Gasteiger partial charge is 0.0971 e. The minimum atomic E-state index is 1.00. The molecule has 0 fully saturated rings. The van der Waals surface area contributed by atoms with Crippen molar-refractivity contribution >= 4 is 21.6 Å². The van der Waals surface area contributed by atoms with Crippen molar-refractivity contribution in [3.8, 4) is 11.8 Å². The SMILES string of the molecule is Cc1nc2c(C#Cc3ccc(C)c(C)c3)cccc2s1. The maximum atomic E-state index is 4.57. The van der Waals surface area contributed by atoms with Crippen LogP contribution in [0.15, 0.2) is 36.4 Å². The maximum Gasteiger partial charge on any atom is 0.0971 e. The van der Waals surface area contributed by atoms with Crippen LogP contribution in [0.4, 0.5) is 0 Å². The highest BCUT2D eigenvalue weighted by Gasteiger charge is 2.03. The molecule has 20 heavy (non-hydrogen) atoms. The second kappa shape index (κ2) is 5.11. The van der Waals surface area contributed by atoms with Crippen LogP contribution in [0.3, 0.4) is 0 Å². The van der Waals surface area contributed by atoms with Gasteiger partial charge in [-0.1, -0.05) is 24.0 Å². The summed E-state index contributed by atoms with van der Waals surface area (Å²) in [5, 5.41) is 1.08. The van der Waals surface area contributed by atoms with E-state index in [4.69, 9.17) is 0 Å². The van der Waals surface area contributed by atoms with Crippen LogP contribution < -0.4 is 0 Å². The van der Waals surface area contributed by atoms with Gasteiger partial charge in [0.05, 0.1) is 20.8 Å². The molecular formula is C18H15NS. The van der Waals surface area contributed by atoms with E-state index < -0.39 is 0 Å². The van der Waals surface area contributed by atoms with E-state index in [0.717, 1.165) is 21.7 Å². The number of aromatic nitrogens is 1. The van der Waals surface area contributed by atoms with E-state index in [-0.39, 0.29) is 0 Å². The number of hydrogen-bond donors (Lipinski definition) is 0. The van der Waals surface area contributed by atoms with Crippen molar-refractivity contribution in [3.63, 3.8) is 0 Å². The first kappa shape index (κ1) is 12.9. The molecule has 2 heteroatoms. The van der Waals surface area contributed by atoms with Crippen LogP contribution in [0.1, 0.15) is 27.3 Å². The molecule has 0 N–H and O–H groups in total. The van der Waals surface area contributed by atoms with Crippen LogP contribution in [0, 0.1) is 32.6 Å². The number of hydrogen-bond acceptors (Lipinski definition) is 2. The topological polar surface area (TPSA) is 12.9 Å². The van der Waals surface area contributed by atoms with Gasteiger partial charge in [-0.15, -0.1) is 11.3 Å². The Kier molecular flexibility index (Phi) is 3.30. The zero-order valence-corrected chi connectivity index (χ0v) is 12.6. The van der Waals surface area contributed by atoms with E-state index in [0.29, 0.717) is 0 Å². The number of para-hydroxylation sites is 1. The quantitative estimate of drug-likeness (QED) is 0.546. The molecule has 0 bridgehead atoms. The van der Waals surface area contributed by atoms with Crippen molar-refractivity contribution < 1.29 is 0 Å². The third kappa shape index (κ3) is 2.45. The molecule has 0 atom stereocenters. The predicted molar refractivity (Wildman–Crippen MR) is 86.3 cm³/mol. The lowest BCUT2D eigenvalue weighted by atomic mass is 10.1. The Morgan fingerprint density at radius 1 is 0.950 bits per heavy atom. The monoisotopic (exact) mass is 277 g/mol. The van der Waals surface area contributed by atoms with E-state index in [1.165, 1.54) is 15.8 Å². The first-order chi connectivity index (χ1) is 9.63. The number of fused-ring (bicyclic) bond motifs is 1. The van der Waals surface area contributed by atoms with Crippen molar-refractivity contribution in [2.75, 3.05) is 0 Å². The van der Waals surface area contributed by atoms with E-state index in [1.807, 2.05) is 19.1 Å². The fourth-order valence-electron chi connectivity index (χ4n) is 2.12. The largest absolute Gasteiger partial charge is 0.240 e. The van der Waals surface area contributed by atoms with Gasteiger partial charge in [0.25, 0.3) is 0 Å². The Balaban J connectivity index is 2.05. The molecule has 0 amide bonds. The molecule has 1 heterocycles. The summed E-state index contributed by atoms with van der Waals surface area (Å²) in [5.41, 5.74) is 5.65. The van der Waals surface area contributed by atoms with Gasteiger partial charge in [0.1, 0.15) is 0 Å². The third-order valence-corrected chi connectivity index (χ3v) is 4.31. The molecule has 1 nitrogen and oxygen atoms in total. The van der Waals surface area contributed by atoms with Crippen molar-refractivity contribution in [2.24, 2.45) is 0 Å². The summed E-state index contributed by atoms with van der Waals surface area (Å²) in [6, 6.07) is 12.5. The molecule has 98 valence electrons. The second-order valence-corrected chi connectivity index (χ2v) is 6.17. The standard InChI is InChI=1S/C18H15NS/c1-12-7-8-15(11-13(12)2)9-10-16-5-4-6-17-18(16)19-14(3)20-17/h4-8,11H,1-3H3. The van der Waals surface area contributed by atoms with Gasteiger partial charge in [-0.2, -0.15) is 0 Å². The summed E-state index contributed by atoms with van der Waals surface area (Å²) in [7, 11) is 0. The molecule has 1 aromatic heterocycles. The Morgan fingerprint density at radius 3 is 2.60 bits per heavy atom. The normalized spacial score (nSPS) is 10.3. The molecule has 0 aliphatic carbocycles. The fourth-order valence-corrected chi connectivity index (χ4v) is 2.97. The van der Waals surface area contributed by atoms with Crippen molar-refractivity contribution in [1.29, 1.82) is 0 Å². The average molecular weight is 277 g/mol. The van der Waals surface area contributed by atoms with Gasteiger partial charge in [0.2, 0.25) is 0 Å². The number of rotatable bonds is 0. The third-order valence-electron chi connectivity index (χ3n) is 3.37. The van der Waals surface area contributed by atoms with Crippen molar-refractivity contribution in [3.05, 3.63) is 63.7 Å². The fraction of sp³-hybridized carbons (Fsp3) is 0.167. The zero-order chi connectivity index (χ0) is 14.1. The molecule has 0 aliphatic rings. The number of thiazole rings is 1. The van der Waals surface area contributed by atoms with Crippen molar-refractivity contribution in [2.45, 2.75) is 20.8 Å². The van der Waals surface area contributed by atoms with Crippen LogP contribution in [0.5, 0.6) is 0 Å². The first-order valence-corrected chi connectivity index (χ1v) is 7.40. The van der Waals surface area contributed by atoms with Crippen LogP contribution in [-0.2, 0) is 0 Å². The van der Waals surface area contributed by atoms with Gasteiger partial charge in [0.15, 0.2) is 0 Å². The zero-order valence-electron chi connectivity index (χ0n) is 11.8. The Labute approximate surface area is 123 Å². The highest BCUT2D eigenvalue weighted by atomic mass is 32.1. The van der Waals surface area contributed by atoms with Gasteiger partial charge in [0, 0.05) is 5.56 Å². The van der Waals surface area contributed by atoms with Gasteiger partial charge in [-0.25, -0.2) is 4.98 Å². The molecule has 2 aromatic carbocycles. The number of nitrogens with zero attached hydrogens (tertiary/aromatic N) is 1. The van der Waals surface area contributed by atoms with E-state index in [2.05, 4.69) is 54.9 Å². The minimum Gasteiger partial charge on any atom is -0.240 e. The molecule has 0 spiro atoms. The highest BCUT2D eigenvalue weighted by Crippen LogP contribution is 2.23. The van der Waals surface area contributed by atoms with Gasteiger partial charge in [-0.05, 0) is 56.2 Å². The summed E-state index contributed by atoms with van der Waals surface area (Å²) in [4.78, 5) is 4.57. The Morgan fingerprint density at radius 2 is 1.80 bits per heavy atom. The van der Waals surface area contributed by atoms with Gasteiger partial charge < -0.3 is 0 Å². The number of benzene rings is 2. The lowest BCUT2D eigenvalue weighted by molar-refractivity contribution is 1.33. The van der Waals surface area contributed by atoms with Crippen LogP contribution >= 0.6 is 11.3 Å². The summed E-state index contributed by atoms with van der Waals surface area (Å²) in [5.74, 6) is 6.50.